The molecule has 0 fully saturated rings. The van der Waals surface area contributed by atoms with Gasteiger partial charge in [-0.2, -0.15) is 0 Å². The minimum absolute atomic E-state index is 0.118. The number of nitro groups is 1. The molecule has 33 heavy (non-hydrogen) atoms. The molecule has 1 aliphatic rings. The molecule has 0 saturated heterocycles. The standard InChI is InChI=1S/C23H29N3O7/c1-12-17(20(27)25-14(3)21(28)33-23(4,5)6)19(18(13(2)24-12)22(29)32-7)15-9-8-10-16(11-15)26(30)31/h8-11,14,18-19H,1-7H3,(H,25,27). The third-order valence-electron chi connectivity index (χ3n) is 5.08. The van der Waals surface area contributed by atoms with Gasteiger partial charge >= 0.3 is 11.9 Å². The highest BCUT2D eigenvalue weighted by Gasteiger charge is 2.42. The van der Waals surface area contributed by atoms with E-state index in [0.717, 1.165) is 0 Å². The number of nitrogens with one attached hydrogen (secondary N) is 1. The van der Waals surface area contributed by atoms with Crippen LogP contribution in [0.15, 0.2) is 40.5 Å². The van der Waals surface area contributed by atoms with Gasteiger partial charge in [-0.05, 0) is 47.1 Å². The Morgan fingerprint density at radius 1 is 1.21 bits per heavy atom. The van der Waals surface area contributed by atoms with E-state index in [1.165, 1.54) is 32.2 Å². The number of hydrogen-bond acceptors (Lipinski definition) is 8. The van der Waals surface area contributed by atoms with Crippen molar-refractivity contribution in [1.82, 2.24) is 5.32 Å². The molecule has 178 valence electrons. The molecule has 1 N–H and O–H groups in total. The molecule has 0 saturated carbocycles. The van der Waals surface area contributed by atoms with Crippen LogP contribution in [0.4, 0.5) is 5.69 Å². The number of nitro benzene ring substituents is 1. The number of non-ortho nitro benzene ring substituents is 1. The third-order valence-corrected chi connectivity index (χ3v) is 5.08. The minimum Gasteiger partial charge on any atom is -0.468 e. The molecule has 1 amide bonds. The topological polar surface area (TPSA) is 137 Å². The highest BCUT2D eigenvalue weighted by Crippen LogP contribution is 2.40. The maximum absolute atomic E-state index is 13.3. The zero-order valence-corrected chi connectivity index (χ0v) is 19.8. The Hall–Kier alpha value is -3.56. The summed E-state index contributed by atoms with van der Waals surface area (Å²) in [6.45, 7) is 9.86. The van der Waals surface area contributed by atoms with E-state index in [2.05, 4.69) is 10.3 Å². The van der Waals surface area contributed by atoms with Gasteiger partial charge < -0.3 is 14.8 Å². The lowest BCUT2D eigenvalue weighted by Crippen LogP contribution is -2.45. The van der Waals surface area contributed by atoms with E-state index in [1.807, 2.05) is 0 Å². The molecule has 1 aromatic rings. The number of hydrogen-bond donors (Lipinski definition) is 1. The molecule has 1 aliphatic heterocycles. The first-order chi connectivity index (χ1) is 15.3. The SMILES string of the molecule is COC(=O)C1C(C)=NC(C)=C(C(=O)NC(C)C(=O)OC(C)(C)C)C1c1cccc([N+](=O)[O-])c1. The van der Waals surface area contributed by atoms with Crippen molar-refractivity contribution in [2.45, 2.75) is 59.1 Å². The first-order valence-corrected chi connectivity index (χ1v) is 10.4. The predicted octanol–water partition coefficient (Wildman–Crippen LogP) is 3.06. The van der Waals surface area contributed by atoms with Crippen LogP contribution in [0, 0.1) is 16.0 Å². The maximum Gasteiger partial charge on any atom is 0.328 e. The third kappa shape index (κ3) is 6.03. The van der Waals surface area contributed by atoms with Crippen LogP contribution in [0.25, 0.3) is 0 Å². The lowest BCUT2D eigenvalue weighted by molar-refractivity contribution is -0.384. The first kappa shape index (κ1) is 25.7. The summed E-state index contributed by atoms with van der Waals surface area (Å²) in [6, 6.07) is 4.74. The number of carbonyl (C=O) groups is 3. The van der Waals surface area contributed by atoms with Crippen molar-refractivity contribution < 1.29 is 28.8 Å². The smallest absolute Gasteiger partial charge is 0.328 e. The Bertz CT molecular complexity index is 1040. The van der Waals surface area contributed by atoms with Crippen molar-refractivity contribution in [1.29, 1.82) is 0 Å². The lowest BCUT2D eigenvalue weighted by atomic mass is 9.75. The molecule has 2 rings (SSSR count). The van der Waals surface area contributed by atoms with Gasteiger partial charge in [0.2, 0.25) is 5.91 Å². The van der Waals surface area contributed by atoms with Gasteiger partial charge in [0, 0.05) is 35.0 Å². The predicted molar refractivity (Wildman–Crippen MR) is 121 cm³/mol. The molecule has 3 atom stereocenters. The van der Waals surface area contributed by atoms with Crippen LogP contribution in [-0.2, 0) is 23.9 Å². The number of amides is 1. The average Bonchev–Trinajstić information content (AvgIpc) is 2.71. The largest absolute Gasteiger partial charge is 0.468 e. The molecule has 1 heterocycles. The highest BCUT2D eigenvalue weighted by atomic mass is 16.6. The molecule has 10 nitrogen and oxygen atoms in total. The summed E-state index contributed by atoms with van der Waals surface area (Å²) in [7, 11) is 1.22. The monoisotopic (exact) mass is 459 g/mol. The highest BCUT2D eigenvalue weighted by molar-refractivity contribution is 6.08. The van der Waals surface area contributed by atoms with Gasteiger partial charge in [0.15, 0.2) is 0 Å². The van der Waals surface area contributed by atoms with Crippen LogP contribution in [0.3, 0.4) is 0 Å². The fourth-order valence-corrected chi connectivity index (χ4v) is 3.68. The summed E-state index contributed by atoms with van der Waals surface area (Å²) in [5.41, 5.74) is 0.315. The molecule has 3 unspecified atom stereocenters. The average molecular weight is 459 g/mol. The van der Waals surface area contributed by atoms with Crippen molar-refractivity contribution in [3.05, 3.63) is 51.2 Å². The van der Waals surface area contributed by atoms with Gasteiger partial charge in [-0.1, -0.05) is 12.1 Å². The van der Waals surface area contributed by atoms with Crippen molar-refractivity contribution in [2.75, 3.05) is 7.11 Å². The number of benzene rings is 1. The zero-order valence-electron chi connectivity index (χ0n) is 19.8. The Kier molecular flexibility index (Phi) is 7.73. The second-order valence-corrected chi connectivity index (χ2v) is 8.81. The van der Waals surface area contributed by atoms with Gasteiger partial charge in [-0.25, -0.2) is 4.79 Å². The number of methoxy groups -OCH3 is 1. The molecular formula is C23H29N3O7. The van der Waals surface area contributed by atoms with Gasteiger partial charge in [0.25, 0.3) is 5.69 Å². The number of esters is 2. The molecule has 0 aliphatic carbocycles. The van der Waals surface area contributed by atoms with Gasteiger partial charge in [0.1, 0.15) is 17.6 Å². The van der Waals surface area contributed by atoms with E-state index < -0.39 is 46.2 Å². The van der Waals surface area contributed by atoms with Gasteiger partial charge in [0.05, 0.1) is 12.0 Å². The Balaban J connectivity index is 2.54. The van der Waals surface area contributed by atoms with Crippen LogP contribution in [0.1, 0.15) is 53.0 Å². The van der Waals surface area contributed by atoms with Gasteiger partial charge in [-0.3, -0.25) is 24.7 Å². The van der Waals surface area contributed by atoms with E-state index in [1.54, 1.807) is 40.7 Å². The summed E-state index contributed by atoms with van der Waals surface area (Å²) in [5, 5.41) is 13.9. The second kappa shape index (κ2) is 9.93. The van der Waals surface area contributed by atoms with Crippen LogP contribution in [0.2, 0.25) is 0 Å². The summed E-state index contributed by atoms with van der Waals surface area (Å²) in [4.78, 5) is 53.5. The Labute approximate surface area is 192 Å². The van der Waals surface area contributed by atoms with E-state index >= 15 is 0 Å². The van der Waals surface area contributed by atoms with Crippen LogP contribution in [-0.4, -0.2) is 47.2 Å². The number of aliphatic imine (C=N–C) groups is 1. The lowest BCUT2D eigenvalue weighted by Gasteiger charge is -2.32. The molecular weight excluding hydrogens is 430 g/mol. The van der Waals surface area contributed by atoms with Crippen molar-refractivity contribution in [3.63, 3.8) is 0 Å². The molecule has 10 heteroatoms. The number of allylic oxidation sites excluding steroid dienone is 1. The summed E-state index contributed by atoms with van der Waals surface area (Å²) in [5.74, 6) is -3.77. The quantitative estimate of drug-likeness (QED) is 0.392. The Morgan fingerprint density at radius 2 is 1.85 bits per heavy atom. The molecule has 0 spiro atoms. The van der Waals surface area contributed by atoms with Crippen molar-refractivity contribution in [3.8, 4) is 0 Å². The van der Waals surface area contributed by atoms with E-state index in [0.29, 0.717) is 17.0 Å². The number of rotatable bonds is 6. The van der Waals surface area contributed by atoms with E-state index in [4.69, 9.17) is 9.47 Å². The van der Waals surface area contributed by atoms with Gasteiger partial charge in [-0.15, -0.1) is 0 Å². The van der Waals surface area contributed by atoms with Crippen LogP contribution < -0.4 is 5.32 Å². The minimum atomic E-state index is -0.980. The number of ether oxygens (including phenoxy) is 2. The molecule has 0 aromatic heterocycles. The molecule has 0 bridgehead atoms. The maximum atomic E-state index is 13.3. The zero-order chi connectivity index (χ0) is 25.1. The summed E-state index contributed by atoms with van der Waals surface area (Å²) in [6.07, 6.45) is 0. The normalized spacial score (nSPS) is 19.3. The fraction of sp³-hybridized carbons (Fsp3) is 0.478. The van der Waals surface area contributed by atoms with Crippen LogP contribution in [0.5, 0.6) is 0 Å². The van der Waals surface area contributed by atoms with Crippen molar-refractivity contribution >= 4 is 29.2 Å². The summed E-state index contributed by atoms with van der Waals surface area (Å²) >= 11 is 0. The van der Waals surface area contributed by atoms with E-state index in [-0.39, 0.29) is 11.3 Å². The van der Waals surface area contributed by atoms with Crippen molar-refractivity contribution in [2.24, 2.45) is 10.9 Å². The number of nitrogens with zero attached hydrogens (tertiary/aromatic N) is 2. The Morgan fingerprint density at radius 3 is 2.39 bits per heavy atom. The molecule has 1 aromatic carbocycles. The summed E-state index contributed by atoms with van der Waals surface area (Å²) < 4.78 is 10.3. The van der Waals surface area contributed by atoms with E-state index in [9.17, 15) is 24.5 Å². The first-order valence-electron chi connectivity index (χ1n) is 10.4. The fourth-order valence-electron chi connectivity index (χ4n) is 3.68. The van der Waals surface area contributed by atoms with Crippen LogP contribution >= 0.6 is 0 Å². The molecule has 0 radical (unpaired) electrons. The number of carbonyl (C=O) groups excluding carboxylic acids is 3. The second-order valence-electron chi connectivity index (χ2n) is 8.81.